The second-order valence-electron chi connectivity index (χ2n) is 19.4. The van der Waals surface area contributed by atoms with Gasteiger partial charge in [-0.15, -0.1) is 0 Å². The number of aryl methyl sites for hydroxylation is 2. The van der Waals surface area contributed by atoms with Crippen molar-refractivity contribution in [2.75, 3.05) is 65.1 Å². The van der Waals surface area contributed by atoms with Gasteiger partial charge in [-0.1, -0.05) is 72.8 Å². The summed E-state index contributed by atoms with van der Waals surface area (Å²) < 4.78 is 23.1. The van der Waals surface area contributed by atoms with Crippen LogP contribution in [0.4, 0.5) is 11.6 Å². The Morgan fingerprint density at radius 1 is 0.640 bits per heavy atom. The Labute approximate surface area is 442 Å². The van der Waals surface area contributed by atoms with E-state index in [0.29, 0.717) is 49.7 Å². The van der Waals surface area contributed by atoms with E-state index in [4.69, 9.17) is 35.5 Å². The summed E-state index contributed by atoms with van der Waals surface area (Å²) >= 11 is 0. The van der Waals surface area contributed by atoms with Crippen molar-refractivity contribution in [1.29, 1.82) is 0 Å². The number of aromatic nitrogens is 2. The van der Waals surface area contributed by atoms with E-state index in [-0.39, 0.29) is 29.1 Å². The zero-order chi connectivity index (χ0) is 53.6. The number of methoxy groups -OCH3 is 2. The second-order valence-corrected chi connectivity index (χ2v) is 19.4. The molecule has 0 spiro atoms. The van der Waals surface area contributed by atoms with E-state index in [1.165, 1.54) is 18.3 Å². The molecule has 0 radical (unpaired) electrons. The average Bonchev–Trinajstić information content (AvgIpc) is 3.43. The molecule has 4 aromatic carbocycles. The summed E-state index contributed by atoms with van der Waals surface area (Å²) in [5.41, 5.74) is 13.4. The van der Waals surface area contributed by atoms with Crippen LogP contribution in [0.2, 0.25) is 0 Å². The Morgan fingerprint density at radius 2 is 1.11 bits per heavy atom. The first-order chi connectivity index (χ1) is 36.3. The number of anilines is 2. The lowest BCUT2D eigenvalue weighted by atomic mass is 9.73. The van der Waals surface area contributed by atoms with E-state index in [2.05, 4.69) is 15.3 Å². The summed E-state index contributed by atoms with van der Waals surface area (Å²) in [7, 11) is 3.41. The van der Waals surface area contributed by atoms with Crippen molar-refractivity contribution in [2.45, 2.75) is 89.3 Å². The molecule has 1 amide bonds. The van der Waals surface area contributed by atoms with Crippen LogP contribution >= 0.6 is 0 Å². The summed E-state index contributed by atoms with van der Waals surface area (Å²) in [4.78, 5) is 33.1. The molecule has 400 valence electrons. The van der Waals surface area contributed by atoms with Gasteiger partial charge < -0.3 is 56.0 Å². The first kappa shape index (κ1) is 57.4. The topological polar surface area (TPSA) is 225 Å². The van der Waals surface area contributed by atoms with Crippen molar-refractivity contribution in [3.05, 3.63) is 167 Å². The highest BCUT2D eigenvalue weighted by Crippen LogP contribution is 2.46. The summed E-state index contributed by atoms with van der Waals surface area (Å²) in [6.07, 6.45) is 11.4. The molecule has 15 nitrogen and oxygen atoms in total. The predicted molar refractivity (Wildman–Crippen MR) is 293 cm³/mol. The van der Waals surface area contributed by atoms with Gasteiger partial charge in [-0.05, 0) is 144 Å². The highest BCUT2D eigenvalue weighted by molar-refractivity contribution is 5.94. The van der Waals surface area contributed by atoms with Crippen molar-refractivity contribution in [3.8, 4) is 23.0 Å². The fourth-order valence-corrected chi connectivity index (χ4v) is 9.96. The SMILES string of the molecule is COCCCC[C@@](O)(c1ccccc1Oc1ccccc1C)[C@@H]1CCCN(C(=O)c2ccnc(N)c2)C1.COCCCC[C@@](O)(c1ccccc1Oc1ccccc1C)[C@@H]1CCCNC1.Nc1cc(C(=O)O)ccn1. The molecule has 2 fully saturated rings. The standard InChI is InChI=1S/C30H37N3O4.C24H33NO3.C6H6N2O2/c1-22-10-3-5-13-26(22)37-27-14-6-4-12-25(27)30(35,16-7-8-19-36-2)24-11-9-18-33(21-24)29(34)23-15-17-32-28(31)20-23;1-19-10-3-5-13-22(19)28-23-14-6-4-12-21(23)24(26,15-7-8-17-27-2)20-11-9-16-25-18-20;7-5-3-4(6(9)10)1-2-8-5/h3-6,10,12-15,17,20,24,35H,7-9,11,16,18-19,21H2,1-2H3,(H2,31,32);3-6,10,12-14,20,25-26H,7-9,11,15-18H2,1-2H3;1-3H,(H2,7,8)(H,9,10)/t24-,30+;20-,24+;/m11./s1. The third-order valence-corrected chi connectivity index (χ3v) is 14.1. The predicted octanol–water partition coefficient (Wildman–Crippen LogP) is 10.5. The van der Waals surface area contributed by atoms with E-state index in [9.17, 15) is 19.8 Å². The molecule has 8 rings (SSSR count). The molecule has 75 heavy (non-hydrogen) atoms. The van der Waals surface area contributed by atoms with Crippen LogP contribution in [0.1, 0.15) is 107 Å². The number of hydrogen-bond donors (Lipinski definition) is 6. The molecule has 8 N–H and O–H groups in total. The minimum atomic E-state index is -1.18. The number of hydrogen-bond acceptors (Lipinski definition) is 13. The number of para-hydroxylation sites is 4. The van der Waals surface area contributed by atoms with Crippen LogP contribution < -0.4 is 26.3 Å². The minimum Gasteiger partial charge on any atom is -0.478 e. The molecule has 0 unspecified atom stereocenters. The number of carbonyl (C=O) groups excluding carboxylic acids is 1. The van der Waals surface area contributed by atoms with E-state index >= 15 is 0 Å². The van der Waals surface area contributed by atoms with Crippen LogP contribution in [-0.2, 0) is 20.7 Å². The van der Waals surface area contributed by atoms with Crippen LogP contribution in [0.3, 0.4) is 0 Å². The molecule has 2 aliphatic rings. The van der Waals surface area contributed by atoms with Gasteiger partial charge in [0, 0.05) is 88.0 Å². The van der Waals surface area contributed by atoms with E-state index in [1.54, 1.807) is 32.5 Å². The van der Waals surface area contributed by atoms with Crippen LogP contribution in [0.15, 0.2) is 134 Å². The van der Waals surface area contributed by atoms with Crippen molar-refractivity contribution in [2.24, 2.45) is 11.8 Å². The smallest absolute Gasteiger partial charge is 0.335 e. The molecule has 2 aliphatic heterocycles. The first-order valence-electron chi connectivity index (χ1n) is 26.0. The number of likely N-dealkylation sites (tertiary alicyclic amines) is 1. The number of nitrogens with one attached hydrogen (secondary N) is 1. The molecule has 6 aromatic rings. The molecular weight excluding hydrogens is 949 g/mol. The van der Waals surface area contributed by atoms with Gasteiger partial charge in [0.25, 0.3) is 5.91 Å². The third-order valence-electron chi connectivity index (χ3n) is 14.1. The summed E-state index contributed by atoms with van der Waals surface area (Å²) in [5.74, 6) is 2.44. The first-order valence-corrected chi connectivity index (χ1v) is 26.0. The number of piperidine rings is 2. The largest absolute Gasteiger partial charge is 0.478 e. The van der Waals surface area contributed by atoms with E-state index in [1.807, 2.05) is 116 Å². The molecule has 2 saturated heterocycles. The van der Waals surface area contributed by atoms with Crippen LogP contribution in [0, 0.1) is 25.7 Å². The maximum Gasteiger partial charge on any atom is 0.335 e. The van der Waals surface area contributed by atoms with Crippen molar-refractivity contribution < 1.29 is 43.9 Å². The molecular formula is C60H76N6O9. The lowest BCUT2D eigenvalue weighted by molar-refractivity contribution is -0.0589. The molecule has 0 bridgehead atoms. The fourth-order valence-electron chi connectivity index (χ4n) is 9.96. The summed E-state index contributed by atoms with van der Waals surface area (Å²) in [6.45, 7) is 8.35. The molecule has 4 atom stereocenters. The molecule has 4 heterocycles. The average molecular weight is 1030 g/mol. The Balaban J connectivity index is 0.000000211. The normalized spacial score (nSPS) is 16.9. The van der Waals surface area contributed by atoms with Gasteiger partial charge in [0.05, 0.1) is 16.8 Å². The van der Waals surface area contributed by atoms with Gasteiger partial charge in [0.15, 0.2) is 0 Å². The number of rotatable bonds is 20. The number of aliphatic hydroxyl groups is 2. The van der Waals surface area contributed by atoms with Gasteiger partial charge in [-0.3, -0.25) is 4.79 Å². The molecule has 0 aliphatic carbocycles. The number of amides is 1. The van der Waals surface area contributed by atoms with Gasteiger partial charge >= 0.3 is 5.97 Å². The number of carboxylic acids is 1. The van der Waals surface area contributed by atoms with Gasteiger partial charge in [0.1, 0.15) is 34.6 Å². The van der Waals surface area contributed by atoms with Gasteiger partial charge in [-0.2, -0.15) is 0 Å². The molecule has 15 heteroatoms. The van der Waals surface area contributed by atoms with Crippen LogP contribution in [0.5, 0.6) is 23.0 Å². The van der Waals surface area contributed by atoms with E-state index < -0.39 is 17.2 Å². The van der Waals surface area contributed by atoms with Crippen molar-refractivity contribution in [1.82, 2.24) is 20.2 Å². The highest BCUT2D eigenvalue weighted by atomic mass is 16.5. The zero-order valence-corrected chi connectivity index (χ0v) is 44.0. The number of aromatic carboxylic acids is 1. The lowest BCUT2D eigenvalue weighted by Crippen LogP contribution is -2.48. The Hall–Kier alpha value is -6.88. The van der Waals surface area contributed by atoms with Crippen LogP contribution in [-0.4, -0.2) is 95.7 Å². The van der Waals surface area contributed by atoms with Crippen LogP contribution in [0.25, 0.3) is 0 Å². The number of nitrogens with zero attached hydrogens (tertiary/aromatic N) is 3. The lowest BCUT2D eigenvalue weighted by Gasteiger charge is -2.43. The van der Waals surface area contributed by atoms with Gasteiger partial charge in [0.2, 0.25) is 0 Å². The van der Waals surface area contributed by atoms with Crippen molar-refractivity contribution in [3.63, 3.8) is 0 Å². The second kappa shape index (κ2) is 28.7. The third kappa shape index (κ3) is 16.1. The number of pyridine rings is 2. The van der Waals surface area contributed by atoms with Gasteiger partial charge in [-0.25, -0.2) is 14.8 Å². The number of carboxylic acid groups (broad SMARTS) is 1. The maximum atomic E-state index is 13.3. The molecule has 2 aromatic heterocycles. The highest BCUT2D eigenvalue weighted by Gasteiger charge is 2.43. The summed E-state index contributed by atoms with van der Waals surface area (Å²) in [6, 6.07) is 37.5. The number of carbonyl (C=O) groups is 2. The number of ether oxygens (including phenoxy) is 4. The minimum absolute atomic E-state index is 0.0926. The van der Waals surface area contributed by atoms with Crippen molar-refractivity contribution >= 4 is 23.5 Å². The molecule has 0 saturated carbocycles. The zero-order valence-electron chi connectivity index (χ0n) is 44.0. The quantitative estimate of drug-likeness (QED) is 0.0392. The number of unbranched alkanes of at least 4 members (excludes halogenated alkanes) is 2. The monoisotopic (exact) mass is 1020 g/mol. The Morgan fingerprint density at radius 3 is 1.57 bits per heavy atom. The Kier molecular flexibility index (Phi) is 22.0. The Bertz CT molecular complexity index is 2740. The summed E-state index contributed by atoms with van der Waals surface area (Å²) in [5, 5.41) is 36.3. The number of benzene rings is 4. The van der Waals surface area contributed by atoms with E-state index in [0.717, 1.165) is 111 Å². The number of nitrogens with two attached hydrogens (primary N) is 2. The number of nitrogen functional groups attached to an aromatic ring is 2. The maximum absolute atomic E-state index is 13.3. The fraction of sp³-hybridized carbons (Fsp3) is 0.400.